The maximum absolute atomic E-state index is 2.44. The summed E-state index contributed by atoms with van der Waals surface area (Å²) in [6.45, 7) is 3.01. The Morgan fingerprint density at radius 3 is 2.08 bits per heavy atom. The molecule has 188 valence electrons. The number of nitrogens with zero attached hydrogens (tertiary/aromatic N) is 2. The van der Waals surface area contributed by atoms with Gasteiger partial charge in [-0.1, -0.05) is 91.0 Å². The van der Waals surface area contributed by atoms with Crippen LogP contribution in [0.2, 0.25) is 0 Å². The van der Waals surface area contributed by atoms with Crippen LogP contribution in [0.3, 0.4) is 0 Å². The molecule has 2 nitrogen and oxygen atoms in total. The Hall–Kier alpha value is -4.82. The van der Waals surface area contributed by atoms with Gasteiger partial charge in [-0.15, -0.1) is 0 Å². The van der Waals surface area contributed by atoms with Crippen molar-refractivity contribution in [2.75, 3.05) is 11.4 Å². The largest absolute Gasteiger partial charge is 0.340 e. The molecular formula is C37H30N2. The first-order valence-corrected chi connectivity index (χ1v) is 13.7. The highest BCUT2D eigenvalue weighted by Crippen LogP contribution is 2.44. The van der Waals surface area contributed by atoms with Crippen molar-refractivity contribution >= 4 is 33.2 Å². The quantitative estimate of drug-likeness (QED) is 0.213. The maximum atomic E-state index is 2.44. The Morgan fingerprint density at radius 1 is 0.615 bits per heavy atom. The van der Waals surface area contributed by atoms with Gasteiger partial charge in [0.1, 0.15) is 0 Å². The SMILES string of the molecule is C/C=C\C=C/C1CN(c2ccccc2)c2ccc(-c3ccc4c(c3)c3ccccc3n4-c3ccccc3)cc21. The van der Waals surface area contributed by atoms with Crippen LogP contribution >= 0.6 is 0 Å². The fourth-order valence-electron chi connectivity index (χ4n) is 6.00. The van der Waals surface area contributed by atoms with E-state index in [9.17, 15) is 0 Å². The second-order valence-electron chi connectivity index (χ2n) is 10.2. The minimum atomic E-state index is 0.333. The van der Waals surface area contributed by atoms with Gasteiger partial charge in [-0.05, 0) is 78.2 Å². The van der Waals surface area contributed by atoms with Crippen molar-refractivity contribution in [3.63, 3.8) is 0 Å². The zero-order valence-electron chi connectivity index (χ0n) is 22.0. The highest BCUT2D eigenvalue weighted by Gasteiger charge is 2.28. The molecule has 1 unspecified atom stereocenters. The van der Waals surface area contributed by atoms with Crippen molar-refractivity contribution in [2.45, 2.75) is 12.8 Å². The molecule has 2 heteroatoms. The molecule has 0 fully saturated rings. The van der Waals surface area contributed by atoms with Gasteiger partial charge in [-0.25, -0.2) is 0 Å². The molecule has 1 atom stereocenters. The molecule has 0 N–H and O–H groups in total. The summed E-state index contributed by atoms with van der Waals surface area (Å²) in [7, 11) is 0. The summed E-state index contributed by atoms with van der Waals surface area (Å²) in [5.41, 5.74) is 10.1. The summed E-state index contributed by atoms with van der Waals surface area (Å²) >= 11 is 0. The fraction of sp³-hybridized carbons (Fsp3) is 0.0811. The number of para-hydroxylation sites is 3. The van der Waals surface area contributed by atoms with E-state index in [0.717, 1.165) is 6.54 Å². The van der Waals surface area contributed by atoms with Crippen molar-refractivity contribution in [1.82, 2.24) is 4.57 Å². The number of rotatable bonds is 5. The lowest BCUT2D eigenvalue weighted by molar-refractivity contribution is 0.890. The monoisotopic (exact) mass is 502 g/mol. The predicted octanol–water partition coefficient (Wildman–Crippen LogP) is 9.82. The molecule has 7 rings (SSSR count). The lowest BCUT2D eigenvalue weighted by Gasteiger charge is -2.20. The van der Waals surface area contributed by atoms with E-state index in [2.05, 4.69) is 162 Å². The number of benzene rings is 5. The van der Waals surface area contributed by atoms with E-state index in [-0.39, 0.29) is 0 Å². The lowest BCUT2D eigenvalue weighted by Crippen LogP contribution is -2.14. The summed E-state index contributed by atoms with van der Waals surface area (Å²) in [5.74, 6) is 0.333. The van der Waals surface area contributed by atoms with Crippen LogP contribution in [0.25, 0.3) is 38.6 Å². The van der Waals surface area contributed by atoms with Gasteiger partial charge in [0, 0.05) is 40.3 Å². The first kappa shape index (κ1) is 23.3. The molecule has 0 saturated heterocycles. The van der Waals surface area contributed by atoms with E-state index in [1.807, 2.05) is 0 Å². The van der Waals surface area contributed by atoms with Gasteiger partial charge in [0.25, 0.3) is 0 Å². The Balaban J connectivity index is 1.36. The van der Waals surface area contributed by atoms with E-state index in [4.69, 9.17) is 0 Å². The zero-order valence-corrected chi connectivity index (χ0v) is 22.0. The van der Waals surface area contributed by atoms with Crippen molar-refractivity contribution in [3.05, 3.63) is 151 Å². The first-order valence-electron chi connectivity index (χ1n) is 13.7. The molecule has 0 amide bonds. The number of anilines is 2. The molecule has 1 aliphatic rings. The van der Waals surface area contributed by atoms with E-state index < -0.39 is 0 Å². The smallest absolute Gasteiger partial charge is 0.0541 e. The van der Waals surface area contributed by atoms with Crippen LogP contribution in [0.4, 0.5) is 11.4 Å². The molecule has 6 aromatic rings. The summed E-state index contributed by atoms with van der Waals surface area (Å²) in [5, 5.41) is 2.56. The van der Waals surface area contributed by atoms with Crippen LogP contribution in [0.15, 0.2) is 146 Å². The van der Waals surface area contributed by atoms with Gasteiger partial charge >= 0.3 is 0 Å². The fourth-order valence-corrected chi connectivity index (χ4v) is 6.00. The minimum Gasteiger partial charge on any atom is -0.340 e. The molecule has 0 bridgehead atoms. The van der Waals surface area contributed by atoms with Crippen LogP contribution in [-0.4, -0.2) is 11.1 Å². The predicted molar refractivity (Wildman–Crippen MR) is 166 cm³/mol. The topological polar surface area (TPSA) is 8.17 Å². The van der Waals surface area contributed by atoms with Gasteiger partial charge in [0.05, 0.1) is 11.0 Å². The Kier molecular flexibility index (Phi) is 5.86. The van der Waals surface area contributed by atoms with Gasteiger partial charge in [-0.3, -0.25) is 0 Å². The number of fused-ring (bicyclic) bond motifs is 4. The number of aromatic nitrogens is 1. The van der Waals surface area contributed by atoms with Crippen molar-refractivity contribution in [3.8, 4) is 16.8 Å². The third-order valence-corrected chi connectivity index (χ3v) is 7.83. The second-order valence-corrected chi connectivity index (χ2v) is 10.2. The van der Waals surface area contributed by atoms with Crippen molar-refractivity contribution in [1.29, 1.82) is 0 Å². The van der Waals surface area contributed by atoms with E-state index in [1.54, 1.807) is 0 Å². The highest BCUT2D eigenvalue weighted by atomic mass is 15.2. The number of allylic oxidation sites excluding steroid dienone is 3. The van der Waals surface area contributed by atoms with E-state index in [0.29, 0.717) is 5.92 Å². The molecule has 2 heterocycles. The Labute approximate surface area is 229 Å². The van der Waals surface area contributed by atoms with Crippen molar-refractivity contribution in [2.24, 2.45) is 0 Å². The number of hydrogen-bond acceptors (Lipinski definition) is 1. The zero-order chi connectivity index (χ0) is 26.2. The molecule has 39 heavy (non-hydrogen) atoms. The van der Waals surface area contributed by atoms with Gasteiger partial charge < -0.3 is 9.47 Å². The molecule has 0 aliphatic carbocycles. The normalized spacial score (nSPS) is 15.2. The van der Waals surface area contributed by atoms with Crippen LogP contribution in [0.1, 0.15) is 18.4 Å². The van der Waals surface area contributed by atoms with E-state index in [1.165, 1.54) is 55.6 Å². The van der Waals surface area contributed by atoms with Crippen LogP contribution in [0, 0.1) is 0 Å². The highest BCUT2D eigenvalue weighted by molar-refractivity contribution is 6.10. The van der Waals surface area contributed by atoms with Gasteiger partial charge in [0.2, 0.25) is 0 Å². The van der Waals surface area contributed by atoms with Crippen LogP contribution in [0.5, 0.6) is 0 Å². The standard InChI is InChI=1S/C37H30N2/c1-2-3-6-13-29-26-38(30-14-7-4-8-15-30)35-22-20-27(24-33(29)35)28-21-23-37-34(25-28)32-18-11-12-19-36(32)39(37)31-16-9-5-10-17-31/h2-25,29H,26H2,1H3/b3-2-,13-6-. The maximum Gasteiger partial charge on any atom is 0.0541 e. The molecule has 5 aromatic carbocycles. The molecule has 0 saturated carbocycles. The summed E-state index contributed by atoms with van der Waals surface area (Å²) in [6, 6.07) is 44.0. The van der Waals surface area contributed by atoms with Crippen LogP contribution < -0.4 is 4.90 Å². The van der Waals surface area contributed by atoms with Crippen LogP contribution in [-0.2, 0) is 0 Å². The van der Waals surface area contributed by atoms with Crippen molar-refractivity contribution < 1.29 is 0 Å². The molecule has 1 aromatic heterocycles. The lowest BCUT2D eigenvalue weighted by atomic mass is 9.95. The summed E-state index contributed by atoms with van der Waals surface area (Å²) in [4.78, 5) is 2.44. The molecular weight excluding hydrogens is 472 g/mol. The average Bonchev–Trinajstić information content (AvgIpc) is 3.53. The van der Waals surface area contributed by atoms with Gasteiger partial charge in [-0.2, -0.15) is 0 Å². The Morgan fingerprint density at radius 2 is 1.28 bits per heavy atom. The number of hydrogen-bond donors (Lipinski definition) is 0. The third-order valence-electron chi connectivity index (χ3n) is 7.83. The summed E-state index contributed by atoms with van der Waals surface area (Å²) in [6.07, 6.45) is 8.71. The molecule has 1 aliphatic heterocycles. The third kappa shape index (κ3) is 4.06. The average molecular weight is 503 g/mol. The molecule has 0 radical (unpaired) electrons. The summed E-state index contributed by atoms with van der Waals surface area (Å²) < 4.78 is 2.37. The molecule has 0 spiro atoms. The van der Waals surface area contributed by atoms with E-state index >= 15 is 0 Å². The first-order chi connectivity index (χ1) is 19.3. The Bertz CT molecular complexity index is 1840. The second kappa shape index (κ2) is 9.81. The van der Waals surface area contributed by atoms with Gasteiger partial charge in [0.15, 0.2) is 0 Å². The minimum absolute atomic E-state index is 0.333.